The van der Waals surface area contributed by atoms with Gasteiger partial charge in [-0.2, -0.15) is 13.2 Å². The lowest BCUT2D eigenvalue weighted by Crippen LogP contribution is -2.42. The Bertz CT molecular complexity index is 745. The van der Waals surface area contributed by atoms with Crippen molar-refractivity contribution >= 4 is 41.8 Å². The fourth-order valence-corrected chi connectivity index (χ4v) is 5.57. The Labute approximate surface area is 203 Å². The Kier molecular flexibility index (Phi) is 8.11. The van der Waals surface area contributed by atoms with E-state index < -0.39 is 12.7 Å². The molecule has 2 aliphatic carbocycles. The number of nitrogens with one attached hydrogen (secondary N) is 2. The number of nitrogens with zero attached hydrogens (tertiary/aromatic N) is 3. The number of hydrogen-bond acceptors (Lipinski definition) is 4. The number of fused-ring (bicyclic) bond motifs is 5. The summed E-state index contributed by atoms with van der Waals surface area (Å²) in [6, 6.07) is 0. The van der Waals surface area contributed by atoms with Gasteiger partial charge >= 0.3 is 6.18 Å². The standard InChI is InChI=1S/C21H30F3N5O2.HI/c1-25-20(27-10-13-5-8-28(11-13)12-21(22,23)24)26-6-2-7-29-18(30)16-14-3-4-15(9-14)17(16)19(29)31;/h3-4,13-17H,2,5-12H2,1H3,(H2,25,26,27);1H. The van der Waals surface area contributed by atoms with Crippen LogP contribution in [0.25, 0.3) is 0 Å². The molecule has 32 heavy (non-hydrogen) atoms. The minimum absolute atomic E-state index is 0. The van der Waals surface area contributed by atoms with Crippen LogP contribution in [0.2, 0.25) is 0 Å². The summed E-state index contributed by atoms with van der Waals surface area (Å²) in [6.45, 7) is 1.50. The first-order valence-electron chi connectivity index (χ1n) is 11.0. The molecule has 0 aromatic heterocycles. The van der Waals surface area contributed by atoms with Crippen molar-refractivity contribution in [1.82, 2.24) is 20.4 Å². The van der Waals surface area contributed by atoms with E-state index in [1.54, 1.807) is 7.05 Å². The van der Waals surface area contributed by atoms with Gasteiger partial charge in [0.25, 0.3) is 0 Å². The van der Waals surface area contributed by atoms with Crippen LogP contribution in [-0.2, 0) is 9.59 Å². The van der Waals surface area contributed by atoms with E-state index in [4.69, 9.17) is 0 Å². The highest BCUT2D eigenvalue weighted by molar-refractivity contribution is 14.0. The van der Waals surface area contributed by atoms with Crippen molar-refractivity contribution in [3.8, 4) is 0 Å². The Balaban J connectivity index is 0.00000289. The minimum atomic E-state index is -4.16. The Morgan fingerprint density at radius 1 is 1.16 bits per heavy atom. The maximum atomic E-state index is 12.7. The molecule has 0 radical (unpaired) electrons. The van der Waals surface area contributed by atoms with E-state index in [0.717, 1.165) is 12.8 Å². The molecule has 3 fully saturated rings. The highest BCUT2D eigenvalue weighted by Crippen LogP contribution is 2.52. The van der Waals surface area contributed by atoms with E-state index in [2.05, 4.69) is 27.8 Å². The quantitative estimate of drug-likeness (QED) is 0.122. The predicted octanol–water partition coefficient (Wildman–Crippen LogP) is 1.85. The fraction of sp³-hybridized carbons (Fsp3) is 0.762. The number of rotatable bonds is 7. The number of carbonyl (C=O) groups is 2. The third kappa shape index (κ3) is 5.40. The average Bonchev–Trinajstić information content (AvgIpc) is 3.47. The van der Waals surface area contributed by atoms with Crippen molar-refractivity contribution in [3.63, 3.8) is 0 Å². The Morgan fingerprint density at radius 2 is 1.81 bits per heavy atom. The second kappa shape index (κ2) is 10.3. The summed E-state index contributed by atoms with van der Waals surface area (Å²) in [5.41, 5.74) is 0. The zero-order valence-corrected chi connectivity index (χ0v) is 20.4. The van der Waals surface area contributed by atoms with Crippen LogP contribution in [0.4, 0.5) is 13.2 Å². The number of likely N-dealkylation sites (tertiary alicyclic amines) is 2. The van der Waals surface area contributed by atoms with Gasteiger partial charge < -0.3 is 10.6 Å². The third-order valence-corrected chi connectivity index (χ3v) is 6.97. The molecule has 2 saturated heterocycles. The first kappa shape index (κ1) is 25.3. The predicted molar refractivity (Wildman–Crippen MR) is 124 cm³/mol. The van der Waals surface area contributed by atoms with E-state index in [0.29, 0.717) is 45.1 Å². The molecule has 1 saturated carbocycles. The summed E-state index contributed by atoms with van der Waals surface area (Å²) in [4.78, 5) is 32.4. The number of imide groups is 1. The van der Waals surface area contributed by atoms with Crippen LogP contribution in [-0.4, -0.2) is 80.1 Å². The van der Waals surface area contributed by atoms with Crippen molar-refractivity contribution in [3.05, 3.63) is 12.2 Å². The molecule has 0 aromatic rings. The number of guanidine groups is 1. The van der Waals surface area contributed by atoms with Gasteiger partial charge in [0.05, 0.1) is 18.4 Å². The molecule has 0 spiro atoms. The lowest BCUT2D eigenvalue weighted by Gasteiger charge is -2.19. The van der Waals surface area contributed by atoms with Gasteiger partial charge in [0.1, 0.15) is 0 Å². The number of alkyl halides is 3. The van der Waals surface area contributed by atoms with E-state index in [9.17, 15) is 22.8 Å². The molecule has 5 unspecified atom stereocenters. The molecule has 2 aliphatic heterocycles. The number of amides is 2. The van der Waals surface area contributed by atoms with Crippen molar-refractivity contribution in [1.29, 1.82) is 0 Å². The van der Waals surface area contributed by atoms with Gasteiger partial charge in [0.2, 0.25) is 11.8 Å². The van der Waals surface area contributed by atoms with Crippen LogP contribution < -0.4 is 10.6 Å². The molecule has 2 bridgehead atoms. The number of halogens is 4. The first-order valence-corrected chi connectivity index (χ1v) is 11.0. The molecule has 4 aliphatic rings. The largest absolute Gasteiger partial charge is 0.401 e. The minimum Gasteiger partial charge on any atom is -0.356 e. The van der Waals surface area contributed by atoms with Crippen LogP contribution in [0.5, 0.6) is 0 Å². The monoisotopic (exact) mass is 569 g/mol. The SMILES string of the molecule is CN=C(NCCCN1C(=O)C2C3C=CC(C3)C2C1=O)NCC1CCN(CC(F)(F)F)C1.I. The summed E-state index contributed by atoms with van der Waals surface area (Å²) < 4.78 is 37.5. The highest BCUT2D eigenvalue weighted by atomic mass is 127. The molecular weight excluding hydrogens is 538 g/mol. The zero-order valence-electron chi connectivity index (χ0n) is 18.1. The van der Waals surface area contributed by atoms with E-state index in [1.807, 2.05) is 0 Å². The van der Waals surface area contributed by atoms with Gasteiger partial charge in [-0.15, -0.1) is 24.0 Å². The van der Waals surface area contributed by atoms with Crippen molar-refractivity contribution in [2.45, 2.75) is 25.4 Å². The second-order valence-corrected chi connectivity index (χ2v) is 9.07. The number of hydrogen-bond donors (Lipinski definition) is 2. The molecule has 11 heteroatoms. The van der Waals surface area contributed by atoms with Crippen molar-refractivity contribution in [2.24, 2.45) is 34.6 Å². The Morgan fingerprint density at radius 3 is 2.41 bits per heavy atom. The third-order valence-electron chi connectivity index (χ3n) is 6.97. The van der Waals surface area contributed by atoms with Gasteiger partial charge in [-0.25, -0.2) is 0 Å². The molecule has 0 aromatic carbocycles. The molecule has 4 rings (SSSR count). The van der Waals surface area contributed by atoms with Crippen LogP contribution >= 0.6 is 24.0 Å². The Hall–Kier alpha value is -1.37. The molecule has 2 amide bonds. The second-order valence-electron chi connectivity index (χ2n) is 9.07. The summed E-state index contributed by atoms with van der Waals surface area (Å²) in [5.74, 6) is 0.788. The normalized spacial score (nSPS) is 31.9. The van der Waals surface area contributed by atoms with Gasteiger partial charge in [0, 0.05) is 33.2 Å². The van der Waals surface area contributed by atoms with E-state index >= 15 is 0 Å². The van der Waals surface area contributed by atoms with Gasteiger partial charge in [-0.05, 0) is 43.6 Å². The summed E-state index contributed by atoms with van der Waals surface area (Å²) in [7, 11) is 1.64. The molecule has 5 atom stereocenters. The maximum Gasteiger partial charge on any atom is 0.401 e. The molecule has 180 valence electrons. The van der Waals surface area contributed by atoms with Gasteiger partial charge in [-0.1, -0.05) is 12.2 Å². The zero-order chi connectivity index (χ0) is 22.2. The van der Waals surface area contributed by atoms with E-state index in [-0.39, 0.29) is 65.4 Å². The lowest BCUT2D eigenvalue weighted by molar-refractivity contribution is -0.144. The molecular formula is C21H31F3IN5O2. The van der Waals surface area contributed by atoms with Crippen molar-refractivity contribution < 1.29 is 22.8 Å². The molecule has 2 N–H and O–H groups in total. The van der Waals surface area contributed by atoms with Crippen molar-refractivity contribution in [2.75, 3.05) is 46.3 Å². The first-order chi connectivity index (χ1) is 14.8. The topological polar surface area (TPSA) is 77.0 Å². The lowest BCUT2D eigenvalue weighted by atomic mass is 9.85. The van der Waals surface area contributed by atoms with Crippen LogP contribution in [0, 0.1) is 29.6 Å². The number of aliphatic imine (C=N–C) groups is 1. The molecule has 7 nitrogen and oxygen atoms in total. The number of allylic oxidation sites excluding steroid dienone is 2. The summed E-state index contributed by atoms with van der Waals surface area (Å²) >= 11 is 0. The summed E-state index contributed by atoms with van der Waals surface area (Å²) in [6.07, 6.45) is 2.28. The summed E-state index contributed by atoms with van der Waals surface area (Å²) in [5, 5.41) is 6.33. The maximum absolute atomic E-state index is 12.7. The van der Waals surface area contributed by atoms with Crippen LogP contribution in [0.15, 0.2) is 17.1 Å². The average molecular weight is 569 g/mol. The van der Waals surface area contributed by atoms with Gasteiger partial charge in [-0.3, -0.25) is 24.4 Å². The van der Waals surface area contributed by atoms with Gasteiger partial charge in [0.15, 0.2) is 5.96 Å². The number of carbonyl (C=O) groups excluding carboxylic acids is 2. The highest BCUT2D eigenvalue weighted by Gasteiger charge is 2.58. The fourth-order valence-electron chi connectivity index (χ4n) is 5.57. The smallest absolute Gasteiger partial charge is 0.356 e. The van der Waals surface area contributed by atoms with Crippen LogP contribution in [0.3, 0.4) is 0 Å². The van der Waals surface area contributed by atoms with E-state index in [1.165, 1.54) is 9.80 Å². The van der Waals surface area contributed by atoms with Crippen LogP contribution in [0.1, 0.15) is 19.3 Å². The molecule has 2 heterocycles.